The van der Waals surface area contributed by atoms with Gasteiger partial charge in [0.1, 0.15) is 0 Å². The number of fused-ring (bicyclic) bond motifs is 1. The summed E-state index contributed by atoms with van der Waals surface area (Å²) >= 11 is 1.59. The Hall–Kier alpha value is -1.17. The zero-order chi connectivity index (χ0) is 16.7. The molecule has 0 radical (unpaired) electrons. The summed E-state index contributed by atoms with van der Waals surface area (Å²) in [4.78, 5) is 1.42. The summed E-state index contributed by atoms with van der Waals surface area (Å²) in [5, 5.41) is 1.98. The minimum Gasteiger partial charge on any atom is -0.207 e. The smallest absolute Gasteiger partial charge is 0.207 e. The summed E-state index contributed by atoms with van der Waals surface area (Å²) in [6.45, 7) is 6.17. The standard InChI is InChI=1S/C18H23NO2S2/c1-18(2,3)17(16-8-5-11-22-16)19-23(20,21)15-10-9-13-6-4-7-14(13)12-15/h5,8-12,17,19H,4,6-7H2,1-3H3. The topological polar surface area (TPSA) is 46.2 Å². The van der Waals surface area contributed by atoms with Crippen molar-refractivity contribution < 1.29 is 8.42 Å². The Morgan fingerprint density at radius 1 is 1.13 bits per heavy atom. The second kappa shape index (κ2) is 6.04. The van der Waals surface area contributed by atoms with E-state index < -0.39 is 10.0 Å². The van der Waals surface area contributed by atoms with Gasteiger partial charge in [-0.3, -0.25) is 0 Å². The molecule has 23 heavy (non-hydrogen) atoms. The van der Waals surface area contributed by atoms with E-state index >= 15 is 0 Å². The first kappa shape index (κ1) is 16.7. The Bertz CT molecular complexity index is 787. The molecule has 1 aliphatic carbocycles. The second-order valence-corrected chi connectivity index (χ2v) is 9.91. The molecule has 1 unspecified atom stereocenters. The maximum Gasteiger partial charge on any atom is 0.241 e. The predicted molar refractivity (Wildman–Crippen MR) is 95.3 cm³/mol. The van der Waals surface area contributed by atoms with Crippen LogP contribution in [-0.4, -0.2) is 8.42 Å². The zero-order valence-electron chi connectivity index (χ0n) is 13.8. The monoisotopic (exact) mass is 349 g/mol. The lowest BCUT2D eigenvalue weighted by Crippen LogP contribution is -2.36. The molecule has 5 heteroatoms. The van der Waals surface area contributed by atoms with E-state index in [0.717, 1.165) is 24.1 Å². The minimum absolute atomic E-state index is 0.200. The van der Waals surface area contributed by atoms with Crippen LogP contribution in [0.4, 0.5) is 0 Å². The summed E-state index contributed by atoms with van der Waals surface area (Å²) in [5.41, 5.74) is 2.26. The fourth-order valence-electron chi connectivity index (χ4n) is 3.06. The van der Waals surface area contributed by atoms with E-state index in [4.69, 9.17) is 0 Å². The number of aryl methyl sites for hydroxylation is 2. The van der Waals surface area contributed by atoms with Crippen molar-refractivity contribution in [2.75, 3.05) is 0 Å². The first-order valence-electron chi connectivity index (χ1n) is 7.95. The van der Waals surface area contributed by atoms with Crippen molar-refractivity contribution in [1.82, 2.24) is 4.72 Å². The van der Waals surface area contributed by atoms with Crippen LogP contribution in [0.1, 0.15) is 49.2 Å². The lowest BCUT2D eigenvalue weighted by molar-refractivity contribution is 0.308. The van der Waals surface area contributed by atoms with Crippen molar-refractivity contribution in [2.24, 2.45) is 5.41 Å². The fourth-order valence-corrected chi connectivity index (χ4v) is 5.62. The average molecular weight is 350 g/mol. The van der Waals surface area contributed by atoms with E-state index in [2.05, 4.69) is 25.5 Å². The third-order valence-electron chi connectivity index (χ3n) is 4.35. The van der Waals surface area contributed by atoms with Crippen LogP contribution in [0.5, 0.6) is 0 Å². The lowest BCUT2D eigenvalue weighted by Gasteiger charge is -2.30. The Morgan fingerprint density at radius 3 is 2.52 bits per heavy atom. The van der Waals surface area contributed by atoms with Crippen molar-refractivity contribution in [3.63, 3.8) is 0 Å². The van der Waals surface area contributed by atoms with Crippen molar-refractivity contribution in [3.05, 3.63) is 51.7 Å². The second-order valence-electron chi connectivity index (χ2n) is 7.22. The molecule has 1 N–H and O–H groups in total. The highest BCUT2D eigenvalue weighted by Gasteiger charge is 2.32. The molecular formula is C18H23NO2S2. The van der Waals surface area contributed by atoms with Gasteiger partial charge >= 0.3 is 0 Å². The zero-order valence-corrected chi connectivity index (χ0v) is 15.4. The van der Waals surface area contributed by atoms with Crippen LogP contribution in [-0.2, 0) is 22.9 Å². The fraction of sp³-hybridized carbons (Fsp3) is 0.444. The summed E-state index contributed by atoms with van der Waals surface area (Å²) < 4.78 is 28.7. The number of rotatable bonds is 4. The highest BCUT2D eigenvalue weighted by molar-refractivity contribution is 7.89. The van der Waals surface area contributed by atoms with E-state index in [9.17, 15) is 8.42 Å². The van der Waals surface area contributed by atoms with Gasteiger partial charge in [-0.05, 0) is 59.4 Å². The van der Waals surface area contributed by atoms with Gasteiger partial charge in [-0.2, -0.15) is 0 Å². The molecule has 0 amide bonds. The van der Waals surface area contributed by atoms with Gasteiger partial charge in [0.2, 0.25) is 10.0 Å². The maximum absolute atomic E-state index is 12.9. The molecule has 0 bridgehead atoms. The number of benzene rings is 1. The van der Waals surface area contributed by atoms with Gasteiger partial charge in [0.15, 0.2) is 0 Å². The molecule has 1 heterocycles. The quantitative estimate of drug-likeness (QED) is 0.894. The van der Waals surface area contributed by atoms with Gasteiger partial charge in [0, 0.05) is 4.88 Å². The van der Waals surface area contributed by atoms with Gasteiger partial charge in [0.05, 0.1) is 10.9 Å². The van der Waals surface area contributed by atoms with Crippen molar-refractivity contribution >= 4 is 21.4 Å². The molecule has 2 aromatic rings. The molecular weight excluding hydrogens is 326 g/mol. The van der Waals surface area contributed by atoms with Gasteiger partial charge in [-0.25, -0.2) is 13.1 Å². The van der Waals surface area contributed by atoms with Crippen LogP contribution in [0.15, 0.2) is 40.6 Å². The van der Waals surface area contributed by atoms with E-state index in [1.165, 1.54) is 11.1 Å². The first-order valence-corrected chi connectivity index (χ1v) is 10.3. The number of sulfonamides is 1. The van der Waals surface area contributed by atoms with Crippen LogP contribution in [0.3, 0.4) is 0 Å². The molecule has 0 saturated heterocycles. The SMILES string of the molecule is CC(C)(C)C(NS(=O)(=O)c1ccc2c(c1)CCC2)c1cccs1. The van der Waals surface area contributed by atoms with Crippen molar-refractivity contribution in [1.29, 1.82) is 0 Å². The summed E-state index contributed by atoms with van der Waals surface area (Å²) in [6, 6.07) is 9.27. The van der Waals surface area contributed by atoms with Gasteiger partial charge in [0.25, 0.3) is 0 Å². The van der Waals surface area contributed by atoms with Gasteiger partial charge in [-0.1, -0.05) is 32.9 Å². The Labute approximate surface area is 142 Å². The predicted octanol–water partition coefficient (Wildman–Crippen LogP) is 4.30. The minimum atomic E-state index is -3.53. The number of nitrogens with one attached hydrogen (secondary N) is 1. The molecule has 1 aromatic heterocycles. The molecule has 0 fully saturated rings. The average Bonchev–Trinajstić information content (AvgIpc) is 3.14. The molecule has 124 valence electrons. The molecule has 0 aliphatic heterocycles. The molecule has 1 aliphatic rings. The van der Waals surface area contributed by atoms with Crippen LogP contribution in [0.2, 0.25) is 0 Å². The third-order valence-corrected chi connectivity index (χ3v) is 6.70. The maximum atomic E-state index is 12.9. The normalized spacial score (nSPS) is 16.3. The number of hydrogen-bond acceptors (Lipinski definition) is 3. The van der Waals surface area contributed by atoms with E-state index in [1.807, 2.05) is 29.6 Å². The highest BCUT2D eigenvalue weighted by atomic mass is 32.2. The molecule has 3 nitrogen and oxygen atoms in total. The molecule has 1 atom stereocenters. The summed E-state index contributed by atoms with van der Waals surface area (Å²) in [7, 11) is -3.53. The van der Waals surface area contributed by atoms with E-state index in [-0.39, 0.29) is 11.5 Å². The molecule has 0 spiro atoms. The molecule has 3 rings (SSSR count). The van der Waals surface area contributed by atoms with Crippen LogP contribution in [0.25, 0.3) is 0 Å². The Balaban J connectivity index is 1.93. The van der Waals surface area contributed by atoms with E-state index in [0.29, 0.717) is 4.90 Å². The number of thiophene rings is 1. The Morgan fingerprint density at radius 2 is 1.87 bits per heavy atom. The van der Waals surface area contributed by atoms with E-state index in [1.54, 1.807) is 17.4 Å². The highest BCUT2D eigenvalue weighted by Crippen LogP contribution is 2.36. The first-order chi connectivity index (χ1) is 10.8. The summed E-state index contributed by atoms with van der Waals surface area (Å²) in [5.74, 6) is 0. The van der Waals surface area contributed by atoms with Crippen LogP contribution >= 0.6 is 11.3 Å². The summed E-state index contributed by atoms with van der Waals surface area (Å²) in [6.07, 6.45) is 3.15. The van der Waals surface area contributed by atoms with Gasteiger partial charge in [-0.15, -0.1) is 11.3 Å². The molecule has 1 aromatic carbocycles. The Kier molecular flexibility index (Phi) is 4.38. The number of hydrogen-bond donors (Lipinski definition) is 1. The van der Waals surface area contributed by atoms with Crippen LogP contribution in [0, 0.1) is 5.41 Å². The largest absolute Gasteiger partial charge is 0.241 e. The van der Waals surface area contributed by atoms with Gasteiger partial charge < -0.3 is 0 Å². The third kappa shape index (κ3) is 3.52. The van der Waals surface area contributed by atoms with Crippen molar-refractivity contribution in [3.8, 4) is 0 Å². The van der Waals surface area contributed by atoms with Crippen molar-refractivity contribution in [2.45, 2.75) is 51.0 Å². The molecule has 0 saturated carbocycles. The van der Waals surface area contributed by atoms with Crippen LogP contribution < -0.4 is 4.72 Å². The lowest BCUT2D eigenvalue weighted by atomic mass is 9.86.